The van der Waals surface area contributed by atoms with Crippen molar-refractivity contribution < 1.29 is 4.39 Å². The average Bonchev–Trinajstić information content (AvgIpc) is 2.49. The first-order chi connectivity index (χ1) is 7.70. The van der Waals surface area contributed by atoms with Gasteiger partial charge in [-0.25, -0.2) is 4.39 Å². The highest BCUT2D eigenvalue weighted by molar-refractivity contribution is 4.85. The summed E-state index contributed by atoms with van der Waals surface area (Å²) < 4.78 is 14.7. The summed E-state index contributed by atoms with van der Waals surface area (Å²) in [5, 5.41) is 3.30. The summed E-state index contributed by atoms with van der Waals surface area (Å²) in [5.41, 5.74) is -0.877. The molecule has 1 N–H and O–H groups in total. The summed E-state index contributed by atoms with van der Waals surface area (Å²) in [4.78, 5) is 0. The van der Waals surface area contributed by atoms with Crippen LogP contribution >= 0.6 is 0 Å². The van der Waals surface area contributed by atoms with Crippen molar-refractivity contribution in [1.82, 2.24) is 5.32 Å². The molecule has 96 valence electrons. The summed E-state index contributed by atoms with van der Waals surface area (Å²) >= 11 is 0. The summed E-state index contributed by atoms with van der Waals surface area (Å²) in [5.74, 6) is 0.600. The van der Waals surface area contributed by atoms with Gasteiger partial charge in [0, 0.05) is 0 Å². The highest BCUT2D eigenvalue weighted by Crippen LogP contribution is 2.34. The van der Waals surface area contributed by atoms with Crippen molar-refractivity contribution >= 4 is 0 Å². The minimum atomic E-state index is -0.877. The Hall–Kier alpha value is -0.110. The number of nitrogens with one attached hydrogen (secondary N) is 1. The highest BCUT2D eigenvalue weighted by atomic mass is 19.1. The molecule has 2 heteroatoms. The molecule has 0 aromatic heterocycles. The number of rotatable bonds is 6. The van der Waals surface area contributed by atoms with Crippen molar-refractivity contribution in [1.29, 1.82) is 0 Å². The Bertz CT molecular complexity index is 174. The maximum absolute atomic E-state index is 14.7. The van der Waals surface area contributed by atoms with E-state index >= 15 is 0 Å². The van der Waals surface area contributed by atoms with E-state index in [-0.39, 0.29) is 0 Å². The van der Waals surface area contributed by atoms with Gasteiger partial charge in [0.2, 0.25) is 0 Å². The molecular weight excluding hydrogens is 201 g/mol. The lowest BCUT2D eigenvalue weighted by molar-refractivity contribution is 0.102. The molecule has 1 aliphatic heterocycles. The van der Waals surface area contributed by atoms with Crippen molar-refractivity contribution in [3.8, 4) is 0 Å². The van der Waals surface area contributed by atoms with E-state index in [0.29, 0.717) is 5.92 Å². The van der Waals surface area contributed by atoms with E-state index in [4.69, 9.17) is 0 Å². The molecule has 1 heterocycles. The van der Waals surface area contributed by atoms with Crippen LogP contribution in [0.25, 0.3) is 0 Å². The Morgan fingerprint density at radius 1 is 1.25 bits per heavy atom. The van der Waals surface area contributed by atoms with Crippen LogP contribution in [0.4, 0.5) is 4.39 Å². The molecule has 0 saturated carbocycles. The number of halogens is 1. The maximum atomic E-state index is 14.7. The first kappa shape index (κ1) is 14.0. The quantitative estimate of drug-likeness (QED) is 0.724. The average molecular weight is 229 g/mol. The molecule has 1 fully saturated rings. The molecule has 0 aliphatic carbocycles. The van der Waals surface area contributed by atoms with E-state index < -0.39 is 5.67 Å². The van der Waals surface area contributed by atoms with Crippen LogP contribution in [0.15, 0.2) is 0 Å². The Balaban J connectivity index is 2.40. The van der Waals surface area contributed by atoms with Gasteiger partial charge in [-0.15, -0.1) is 0 Å². The SMILES string of the molecule is CCCCC(CC)CC1(F)CCCNCC1. The molecule has 0 amide bonds. The fourth-order valence-electron chi connectivity index (χ4n) is 2.76. The number of hydrogen-bond donors (Lipinski definition) is 1. The Morgan fingerprint density at radius 2 is 2.06 bits per heavy atom. The van der Waals surface area contributed by atoms with Crippen molar-refractivity contribution in [2.24, 2.45) is 5.92 Å². The van der Waals surface area contributed by atoms with E-state index in [0.717, 1.165) is 45.2 Å². The van der Waals surface area contributed by atoms with Gasteiger partial charge < -0.3 is 5.32 Å². The van der Waals surface area contributed by atoms with Crippen LogP contribution in [0.2, 0.25) is 0 Å². The molecule has 0 spiro atoms. The van der Waals surface area contributed by atoms with Gasteiger partial charge in [-0.1, -0.05) is 39.5 Å². The molecule has 1 aliphatic rings. The normalized spacial score (nSPS) is 28.7. The van der Waals surface area contributed by atoms with Gasteiger partial charge in [0.1, 0.15) is 5.67 Å². The zero-order valence-electron chi connectivity index (χ0n) is 11.0. The van der Waals surface area contributed by atoms with E-state index in [1.165, 1.54) is 19.3 Å². The monoisotopic (exact) mass is 229 g/mol. The van der Waals surface area contributed by atoms with Crippen LogP contribution in [0, 0.1) is 5.92 Å². The second kappa shape index (κ2) is 7.26. The molecule has 16 heavy (non-hydrogen) atoms. The molecule has 2 unspecified atom stereocenters. The molecule has 0 aromatic rings. The van der Waals surface area contributed by atoms with E-state index in [1.54, 1.807) is 0 Å². The Kier molecular flexibility index (Phi) is 6.33. The van der Waals surface area contributed by atoms with Crippen molar-refractivity contribution in [2.45, 2.75) is 70.9 Å². The minimum Gasteiger partial charge on any atom is -0.317 e. The molecule has 0 aromatic carbocycles. The number of alkyl halides is 1. The molecular formula is C14H28FN. The van der Waals surface area contributed by atoms with Crippen molar-refractivity contribution in [3.63, 3.8) is 0 Å². The molecule has 0 bridgehead atoms. The van der Waals surface area contributed by atoms with E-state index in [9.17, 15) is 4.39 Å². The molecule has 1 nitrogen and oxygen atoms in total. The van der Waals surface area contributed by atoms with Gasteiger partial charge in [0.25, 0.3) is 0 Å². The molecule has 2 atom stereocenters. The second-order valence-electron chi connectivity index (χ2n) is 5.38. The third kappa shape index (κ3) is 4.82. The summed E-state index contributed by atoms with van der Waals surface area (Å²) in [6.45, 7) is 6.28. The lowest BCUT2D eigenvalue weighted by Gasteiger charge is -2.28. The number of unbranched alkanes of at least 4 members (excludes halogenated alkanes) is 1. The van der Waals surface area contributed by atoms with Crippen LogP contribution in [0.1, 0.15) is 65.2 Å². The van der Waals surface area contributed by atoms with Gasteiger partial charge >= 0.3 is 0 Å². The molecule has 1 rings (SSSR count). The van der Waals surface area contributed by atoms with Gasteiger partial charge in [0.15, 0.2) is 0 Å². The minimum absolute atomic E-state index is 0.600. The second-order valence-corrected chi connectivity index (χ2v) is 5.38. The predicted molar refractivity (Wildman–Crippen MR) is 68.5 cm³/mol. The maximum Gasteiger partial charge on any atom is 0.112 e. The zero-order valence-corrected chi connectivity index (χ0v) is 11.0. The van der Waals surface area contributed by atoms with E-state index in [1.807, 2.05) is 0 Å². The summed E-state index contributed by atoms with van der Waals surface area (Å²) in [6, 6.07) is 0. The largest absolute Gasteiger partial charge is 0.317 e. The fourth-order valence-corrected chi connectivity index (χ4v) is 2.76. The van der Waals surface area contributed by atoms with Gasteiger partial charge in [-0.3, -0.25) is 0 Å². The first-order valence-electron chi connectivity index (χ1n) is 7.10. The van der Waals surface area contributed by atoms with Crippen LogP contribution in [0.5, 0.6) is 0 Å². The third-order valence-corrected chi connectivity index (χ3v) is 3.93. The standard InChI is InChI=1S/C14H28FN/c1-3-5-7-13(4-2)12-14(15)8-6-10-16-11-9-14/h13,16H,3-12H2,1-2H3. The predicted octanol–water partition coefficient (Wildman–Crippen LogP) is 4.07. The Morgan fingerprint density at radius 3 is 2.75 bits per heavy atom. The van der Waals surface area contributed by atoms with Crippen molar-refractivity contribution in [2.75, 3.05) is 13.1 Å². The van der Waals surface area contributed by atoms with Gasteiger partial charge in [-0.2, -0.15) is 0 Å². The van der Waals surface area contributed by atoms with Crippen LogP contribution in [-0.4, -0.2) is 18.8 Å². The van der Waals surface area contributed by atoms with Crippen LogP contribution in [-0.2, 0) is 0 Å². The first-order valence-corrected chi connectivity index (χ1v) is 7.10. The fraction of sp³-hybridized carbons (Fsp3) is 1.00. The van der Waals surface area contributed by atoms with Gasteiger partial charge in [0.05, 0.1) is 0 Å². The topological polar surface area (TPSA) is 12.0 Å². The lowest BCUT2D eigenvalue weighted by atomic mass is 9.83. The number of hydrogen-bond acceptors (Lipinski definition) is 1. The van der Waals surface area contributed by atoms with Crippen LogP contribution in [0.3, 0.4) is 0 Å². The van der Waals surface area contributed by atoms with Crippen molar-refractivity contribution in [3.05, 3.63) is 0 Å². The Labute approximate surface area is 100 Å². The van der Waals surface area contributed by atoms with Gasteiger partial charge in [-0.05, 0) is 44.7 Å². The summed E-state index contributed by atoms with van der Waals surface area (Å²) in [6.07, 6.45) is 8.12. The smallest absolute Gasteiger partial charge is 0.112 e. The third-order valence-electron chi connectivity index (χ3n) is 3.93. The zero-order chi connectivity index (χ0) is 11.9. The van der Waals surface area contributed by atoms with Crippen LogP contribution < -0.4 is 5.32 Å². The van der Waals surface area contributed by atoms with E-state index in [2.05, 4.69) is 19.2 Å². The summed E-state index contributed by atoms with van der Waals surface area (Å²) in [7, 11) is 0. The lowest BCUT2D eigenvalue weighted by Crippen LogP contribution is -2.27. The molecule has 1 saturated heterocycles. The molecule has 0 radical (unpaired) electrons. The highest BCUT2D eigenvalue weighted by Gasteiger charge is 2.32.